The third kappa shape index (κ3) is 3.17. The molecule has 3 nitrogen and oxygen atoms in total. The number of rotatable bonds is 1. The normalized spacial score (nSPS) is 24.1. The molecule has 6 heteroatoms. The monoisotopic (exact) mass is 251 g/mol. The van der Waals surface area contributed by atoms with Crippen molar-refractivity contribution in [2.45, 2.75) is 44.8 Å². The molecule has 0 saturated carbocycles. The summed E-state index contributed by atoms with van der Waals surface area (Å²) in [6, 6.07) is -1.07. The van der Waals surface area contributed by atoms with Gasteiger partial charge < -0.3 is 4.74 Å². The van der Waals surface area contributed by atoms with Crippen LogP contribution in [0.3, 0.4) is 0 Å². The molecule has 1 aliphatic rings. The first-order valence-electron chi connectivity index (χ1n) is 4.88. The van der Waals surface area contributed by atoms with Crippen molar-refractivity contribution in [2.24, 2.45) is 4.99 Å². The van der Waals surface area contributed by atoms with Crippen LogP contribution in [0.1, 0.15) is 27.2 Å². The molecule has 1 atom stereocenters. The first-order valence-corrected chi connectivity index (χ1v) is 6.11. The highest BCUT2D eigenvalue weighted by Crippen LogP contribution is 2.35. The van der Waals surface area contributed by atoms with Gasteiger partial charge in [0.05, 0.1) is 6.42 Å². The van der Waals surface area contributed by atoms with E-state index in [-0.39, 0.29) is 5.04 Å². The Morgan fingerprint density at radius 1 is 1.56 bits per heavy atom. The highest BCUT2D eigenvalue weighted by molar-refractivity contribution is 8.13. The van der Waals surface area contributed by atoms with E-state index in [1.807, 2.05) is 0 Å². The number of carbonyl (C=O) groups is 1. The van der Waals surface area contributed by atoms with Gasteiger partial charge in [0.15, 0.2) is 6.04 Å². The van der Waals surface area contributed by atoms with Crippen molar-refractivity contribution in [1.29, 1.82) is 0 Å². The molecule has 0 unspecified atom stereocenters. The molecule has 0 radical (unpaired) electrons. The number of thioether (sulfide) groups is 1. The Kier molecular flexibility index (Phi) is 3.62. The molecule has 1 aliphatic heterocycles. The van der Waals surface area contributed by atoms with Crippen molar-refractivity contribution in [1.82, 2.24) is 0 Å². The fraction of sp³-hybridized carbons (Fsp3) is 0.800. The highest BCUT2D eigenvalue weighted by Gasteiger charge is 2.47. The van der Waals surface area contributed by atoms with E-state index in [0.717, 1.165) is 11.8 Å². The van der Waals surface area contributed by atoms with Gasteiger partial charge in [-0.3, -0.25) is 4.99 Å². The number of ether oxygens (including phenoxy) is 1. The van der Waals surface area contributed by atoms with Gasteiger partial charge in [0, 0.05) is 0 Å². The van der Waals surface area contributed by atoms with E-state index in [9.17, 15) is 13.6 Å². The predicted molar refractivity (Wildman–Crippen MR) is 60.1 cm³/mol. The summed E-state index contributed by atoms with van der Waals surface area (Å²) in [7, 11) is 0. The van der Waals surface area contributed by atoms with Crippen LogP contribution in [0.2, 0.25) is 0 Å². The maximum atomic E-state index is 13.3. The minimum atomic E-state index is -3.00. The molecule has 0 aliphatic carbocycles. The summed E-state index contributed by atoms with van der Waals surface area (Å²) in [5.41, 5.74) is -0.677. The Hall–Kier alpha value is -0.650. The summed E-state index contributed by atoms with van der Waals surface area (Å²) in [4.78, 5) is 15.2. The van der Waals surface area contributed by atoms with Gasteiger partial charge in [0.25, 0.3) is 5.92 Å². The number of halogens is 2. The maximum Gasteiger partial charge on any atom is 0.331 e. The van der Waals surface area contributed by atoms with E-state index >= 15 is 0 Å². The predicted octanol–water partition coefficient (Wildman–Crippen LogP) is 2.50. The van der Waals surface area contributed by atoms with Gasteiger partial charge in [0.1, 0.15) is 10.6 Å². The second kappa shape index (κ2) is 4.31. The Balaban J connectivity index is 2.72. The van der Waals surface area contributed by atoms with Crippen LogP contribution in [0, 0.1) is 0 Å². The van der Waals surface area contributed by atoms with Gasteiger partial charge in [-0.1, -0.05) is 0 Å². The average molecular weight is 251 g/mol. The minimum Gasteiger partial charge on any atom is -0.458 e. The summed E-state index contributed by atoms with van der Waals surface area (Å²) >= 11 is 0.871. The van der Waals surface area contributed by atoms with Crippen LogP contribution in [-0.2, 0) is 9.53 Å². The Bertz CT molecular complexity index is 323. The summed E-state index contributed by atoms with van der Waals surface area (Å²) < 4.78 is 31.6. The molecule has 0 aromatic carbocycles. The Morgan fingerprint density at radius 2 is 2.12 bits per heavy atom. The van der Waals surface area contributed by atoms with Crippen LogP contribution in [0.15, 0.2) is 4.99 Å². The van der Waals surface area contributed by atoms with Crippen LogP contribution < -0.4 is 0 Å². The lowest BCUT2D eigenvalue weighted by Crippen LogP contribution is -2.31. The summed E-state index contributed by atoms with van der Waals surface area (Å²) in [6.07, 6.45) is 0.933. The van der Waals surface area contributed by atoms with Gasteiger partial charge in [-0.05, 0) is 27.0 Å². The number of esters is 1. The third-order valence-corrected chi connectivity index (χ3v) is 2.70. The fourth-order valence-corrected chi connectivity index (χ4v) is 1.93. The Morgan fingerprint density at radius 3 is 2.50 bits per heavy atom. The second-order valence-electron chi connectivity index (χ2n) is 4.60. The zero-order valence-electron chi connectivity index (χ0n) is 9.71. The van der Waals surface area contributed by atoms with Gasteiger partial charge in [-0.15, -0.1) is 11.8 Å². The number of hydrogen-bond acceptors (Lipinski definition) is 4. The molecule has 0 bridgehead atoms. The van der Waals surface area contributed by atoms with Crippen LogP contribution in [-0.4, -0.2) is 34.8 Å². The lowest BCUT2D eigenvalue weighted by molar-refractivity contribution is -0.157. The van der Waals surface area contributed by atoms with Gasteiger partial charge in [0.2, 0.25) is 0 Å². The number of nitrogens with zero attached hydrogens (tertiary/aromatic N) is 1. The van der Waals surface area contributed by atoms with Gasteiger partial charge in [-0.25, -0.2) is 4.79 Å². The second-order valence-corrected chi connectivity index (χ2v) is 5.39. The smallest absolute Gasteiger partial charge is 0.331 e. The maximum absolute atomic E-state index is 13.3. The van der Waals surface area contributed by atoms with Crippen LogP contribution in [0.5, 0.6) is 0 Å². The molecular weight excluding hydrogens is 236 g/mol. The summed E-state index contributed by atoms with van der Waals surface area (Å²) in [6.45, 7) is 5.07. The standard InChI is InChI=1S/C10H15F2NO2S/c1-9(2,3)15-7(14)6-5-10(11,12)8(13-6)16-4/h6H,5H2,1-4H3/t6-/m0/s1. The third-order valence-electron chi connectivity index (χ3n) is 1.91. The van der Waals surface area contributed by atoms with Crippen LogP contribution in [0.25, 0.3) is 0 Å². The van der Waals surface area contributed by atoms with Crippen LogP contribution in [0.4, 0.5) is 8.78 Å². The first kappa shape index (κ1) is 13.4. The van der Waals surface area contributed by atoms with Gasteiger partial charge in [-0.2, -0.15) is 8.78 Å². The molecule has 16 heavy (non-hydrogen) atoms. The zero-order chi connectivity index (χ0) is 12.6. The average Bonchev–Trinajstić information content (AvgIpc) is 2.37. The summed E-state index contributed by atoms with van der Waals surface area (Å²) in [5, 5.41) is -0.289. The molecule has 0 amide bonds. The molecule has 1 heterocycles. The molecule has 0 spiro atoms. The molecular formula is C10H15F2NO2S. The van der Waals surface area contributed by atoms with E-state index < -0.39 is 30.0 Å². The number of carbonyl (C=O) groups excluding carboxylic acids is 1. The van der Waals surface area contributed by atoms with E-state index in [2.05, 4.69) is 4.99 Å². The summed E-state index contributed by atoms with van der Waals surface area (Å²) in [5.74, 6) is -3.68. The van der Waals surface area contributed by atoms with Crippen LogP contribution >= 0.6 is 11.8 Å². The Labute approximate surface area is 97.6 Å². The topological polar surface area (TPSA) is 38.7 Å². The van der Waals surface area contributed by atoms with Crippen molar-refractivity contribution in [3.05, 3.63) is 0 Å². The molecule has 92 valence electrons. The van der Waals surface area contributed by atoms with Crippen molar-refractivity contribution in [3.63, 3.8) is 0 Å². The minimum absolute atomic E-state index is 0.289. The molecule has 0 aromatic heterocycles. The zero-order valence-corrected chi connectivity index (χ0v) is 10.5. The lowest BCUT2D eigenvalue weighted by atomic mass is 10.1. The molecule has 1 rings (SSSR count). The molecule has 0 aromatic rings. The molecule has 0 N–H and O–H groups in total. The SMILES string of the molecule is CSC1=N[C@H](C(=O)OC(C)(C)C)CC1(F)F. The number of aliphatic imine (C=N–C) groups is 1. The number of alkyl halides is 2. The van der Waals surface area contributed by atoms with Gasteiger partial charge >= 0.3 is 5.97 Å². The van der Waals surface area contributed by atoms with Crippen molar-refractivity contribution in [2.75, 3.05) is 6.26 Å². The van der Waals surface area contributed by atoms with Crippen molar-refractivity contribution < 1.29 is 18.3 Å². The van der Waals surface area contributed by atoms with Crippen molar-refractivity contribution >= 4 is 22.8 Å². The molecule has 0 saturated heterocycles. The van der Waals surface area contributed by atoms with E-state index in [1.54, 1.807) is 20.8 Å². The quantitative estimate of drug-likeness (QED) is 0.672. The van der Waals surface area contributed by atoms with E-state index in [4.69, 9.17) is 4.74 Å². The first-order chi connectivity index (χ1) is 7.15. The van der Waals surface area contributed by atoms with Crippen molar-refractivity contribution in [3.8, 4) is 0 Å². The van der Waals surface area contributed by atoms with E-state index in [0.29, 0.717) is 0 Å². The number of hydrogen-bond donors (Lipinski definition) is 0. The lowest BCUT2D eigenvalue weighted by Gasteiger charge is -2.21. The highest BCUT2D eigenvalue weighted by atomic mass is 32.2. The molecule has 0 fully saturated rings. The fourth-order valence-electron chi connectivity index (χ4n) is 1.32. The van der Waals surface area contributed by atoms with E-state index in [1.165, 1.54) is 6.26 Å². The largest absolute Gasteiger partial charge is 0.458 e.